The fourth-order valence-electron chi connectivity index (χ4n) is 3.12. The monoisotopic (exact) mass is 329 g/mol. The molecule has 0 aliphatic rings. The summed E-state index contributed by atoms with van der Waals surface area (Å²) in [6.07, 6.45) is 0. The number of carbonyl (C=O) groups excluding carboxylic acids is 1. The molecule has 3 aromatic carbocycles. The molecule has 3 aromatic rings. The number of likely N-dealkylation sites (N-methyl/N-ethyl adjacent to an activating group) is 1. The van der Waals surface area contributed by atoms with Gasteiger partial charge in [-0.15, -0.1) is 0 Å². The molecule has 0 aliphatic carbocycles. The van der Waals surface area contributed by atoms with Crippen LogP contribution in [0.4, 0.5) is 0 Å². The summed E-state index contributed by atoms with van der Waals surface area (Å²) in [6, 6.07) is 30.2. The highest BCUT2D eigenvalue weighted by Crippen LogP contribution is 2.29. The molecule has 0 saturated carbocycles. The Labute approximate surface area is 149 Å². The summed E-state index contributed by atoms with van der Waals surface area (Å²) >= 11 is 0. The van der Waals surface area contributed by atoms with E-state index in [0.29, 0.717) is 0 Å². The third-order valence-electron chi connectivity index (χ3n) is 4.72. The molecule has 0 fully saturated rings. The van der Waals surface area contributed by atoms with Crippen molar-refractivity contribution in [2.45, 2.75) is 18.9 Å². The van der Waals surface area contributed by atoms with Gasteiger partial charge in [0.1, 0.15) is 0 Å². The molecule has 0 aromatic heterocycles. The summed E-state index contributed by atoms with van der Waals surface area (Å²) in [5.41, 5.74) is 3.18. The standard InChI is InChI=1S/C23H23NO/c1-18(19-12-6-3-7-13-19)24(2)23(25)22(20-14-8-4-9-15-20)21-16-10-5-11-17-21/h3-18,22H,1-2H3/t18-/m0/s1. The highest BCUT2D eigenvalue weighted by molar-refractivity contribution is 5.87. The van der Waals surface area contributed by atoms with Crippen LogP contribution in [0.15, 0.2) is 91.0 Å². The molecule has 25 heavy (non-hydrogen) atoms. The van der Waals surface area contributed by atoms with Gasteiger partial charge in [0.15, 0.2) is 0 Å². The van der Waals surface area contributed by atoms with Crippen molar-refractivity contribution in [2.24, 2.45) is 0 Å². The molecule has 0 heterocycles. The molecule has 0 bridgehead atoms. The van der Waals surface area contributed by atoms with Gasteiger partial charge in [-0.2, -0.15) is 0 Å². The summed E-state index contributed by atoms with van der Waals surface area (Å²) in [5, 5.41) is 0. The van der Waals surface area contributed by atoms with Gasteiger partial charge >= 0.3 is 0 Å². The molecule has 0 aliphatic heterocycles. The van der Waals surface area contributed by atoms with Gasteiger partial charge in [0.25, 0.3) is 0 Å². The molecule has 2 nitrogen and oxygen atoms in total. The Bertz CT molecular complexity index is 760. The van der Waals surface area contributed by atoms with E-state index in [1.807, 2.05) is 90.8 Å². The maximum Gasteiger partial charge on any atom is 0.234 e. The van der Waals surface area contributed by atoms with Crippen LogP contribution < -0.4 is 0 Å². The zero-order chi connectivity index (χ0) is 17.6. The molecule has 2 heteroatoms. The van der Waals surface area contributed by atoms with Crippen molar-refractivity contribution in [1.82, 2.24) is 4.90 Å². The van der Waals surface area contributed by atoms with Crippen LogP contribution in [0, 0.1) is 0 Å². The molecule has 3 rings (SSSR count). The van der Waals surface area contributed by atoms with Crippen LogP contribution in [0.1, 0.15) is 35.6 Å². The largest absolute Gasteiger partial charge is 0.338 e. The quantitative estimate of drug-likeness (QED) is 0.642. The van der Waals surface area contributed by atoms with Crippen molar-refractivity contribution in [3.05, 3.63) is 108 Å². The van der Waals surface area contributed by atoms with Gasteiger partial charge in [0, 0.05) is 7.05 Å². The lowest BCUT2D eigenvalue weighted by molar-refractivity contribution is -0.132. The van der Waals surface area contributed by atoms with E-state index in [0.717, 1.165) is 16.7 Å². The van der Waals surface area contributed by atoms with Crippen LogP contribution in [0.25, 0.3) is 0 Å². The molecule has 126 valence electrons. The Kier molecular flexibility index (Phi) is 5.30. The first kappa shape index (κ1) is 17.0. The van der Waals surface area contributed by atoms with Crippen molar-refractivity contribution in [3.63, 3.8) is 0 Å². The van der Waals surface area contributed by atoms with Crippen molar-refractivity contribution >= 4 is 5.91 Å². The van der Waals surface area contributed by atoms with Gasteiger partial charge in [0.2, 0.25) is 5.91 Å². The summed E-state index contributed by atoms with van der Waals surface area (Å²) in [5.74, 6) is -0.188. The summed E-state index contributed by atoms with van der Waals surface area (Å²) in [4.78, 5) is 15.2. The van der Waals surface area contributed by atoms with E-state index in [9.17, 15) is 4.79 Å². The van der Waals surface area contributed by atoms with Crippen LogP contribution in [-0.4, -0.2) is 17.9 Å². The number of rotatable bonds is 5. The number of amides is 1. The maximum absolute atomic E-state index is 13.4. The molecule has 0 N–H and O–H groups in total. The van der Waals surface area contributed by atoms with Crippen molar-refractivity contribution in [1.29, 1.82) is 0 Å². The fraction of sp³-hybridized carbons (Fsp3) is 0.174. The zero-order valence-corrected chi connectivity index (χ0v) is 14.7. The van der Waals surface area contributed by atoms with E-state index in [2.05, 4.69) is 19.1 Å². The Morgan fingerprint density at radius 2 is 1.04 bits per heavy atom. The van der Waals surface area contributed by atoms with Gasteiger partial charge in [-0.25, -0.2) is 0 Å². The predicted octanol–water partition coefficient (Wildman–Crippen LogP) is 5.04. The summed E-state index contributed by atoms with van der Waals surface area (Å²) in [6.45, 7) is 2.07. The lowest BCUT2D eigenvalue weighted by atomic mass is 9.89. The van der Waals surface area contributed by atoms with E-state index < -0.39 is 0 Å². The third-order valence-corrected chi connectivity index (χ3v) is 4.72. The summed E-state index contributed by atoms with van der Waals surface area (Å²) < 4.78 is 0. The van der Waals surface area contributed by atoms with E-state index in [-0.39, 0.29) is 17.9 Å². The average Bonchev–Trinajstić information content (AvgIpc) is 2.69. The minimum Gasteiger partial charge on any atom is -0.338 e. The van der Waals surface area contributed by atoms with Crippen molar-refractivity contribution < 1.29 is 4.79 Å². The topological polar surface area (TPSA) is 20.3 Å². The van der Waals surface area contributed by atoms with E-state index in [4.69, 9.17) is 0 Å². The fourth-order valence-corrected chi connectivity index (χ4v) is 3.12. The Balaban J connectivity index is 1.94. The number of benzene rings is 3. The molecule has 0 unspecified atom stereocenters. The number of hydrogen-bond acceptors (Lipinski definition) is 1. The van der Waals surface area contributed by atoms with E-state index in [1.54, 1.807) is 0 Å². The van der Waals surface area contributed by atoms with Gasteiger partial charge in [0.05, 0.1) is 12.0 Å². The smallest absolute Gasteiger partial charge is 0.234 e. The maximum atomic E-state index is 13.4. The molecular formula is C23H23NO. The molecular weight excluding hydrogens is 306 g/mol. The minimum absolute atomic E-state index is 0.0172. The first-order valence-electron chi connectivity index (χ1n) is 8.60. The molecule has 1 amide bonds. The van der Waals surface area contributed by atoms with Gasteiger partial charge in [-0.05, 0) is 23.6 Å². The first-order chi connectivity index (χ1) is 12.2. The van der Waals surface area contributed by atoms with Crippen LogP contribution in [-0.2, 0) is 4.79 Å². The number of hydrogen-bond donors (Lipinski definition) is 0. The third kappa shape index (κ3) is 3.80. The lowest BCUT2D eigenvalue weighted by Crippen LogP contribution is -2.34. The number of carbonyl (C=O) groups is 1. The predicted molar refractivity (Wildman–Crippen MR) is 102 cm³/mol. The lowest BCUT2D eigenvalue weighted by Gasteiger charge is -2.30. The van der Waals surface area contributed by atoms with Crippen molar-refractivity contribution in [2.75, 3.05) is 7.05 Å². The summed E-state index contributed by atoms with van der Waals surface area (Å²) in [7, 11) is 1.89. The van der Waals surface area contributed by atoms with Crippen LogP contribution in [0.3, 0.4) is 0 Å². The first-order valence-corrected chi connectivity index (χ1v) is 8.60. The molecule has 0 radical (unpaired) electrons. The van der Waals surface area contributed by atoms with Crippen LogP contribution in [0.5, 0.6) is 0 Å². The minimum atomic E-state index is -0.293. The SMILES string of the molecule is C[C@@H](c1ccccc1)N(C)C(=O)C(c1ccccc1)c1ccccc1. The Hall–Kier alpha value is -2.87. The zero-order valence-electron chi connectivity index (χ0n) is 14.7. The Morgan fingerprint density at radius 3 is 1.44 bits per heavy atom. The van der Waals surface area contributed by atoms with Crippen LogP contribution >= 0.6 is 0 Å². The number of nitrogens with zero attached hydrogens (tertiary/aromatic N) is 1. The van der Waals surface area contributed by atoms with E-state index >= 15 is 0 Å². The Morgan fingerprint density at radius 1 is 0.680 bits per heavy atom. The van der Waals surface area contributed by atoms with Gasteiger partial charge < -0.3 is 4.90 Å². The molecule has 1 atom stereocenters. The normalized spacial score (nSPS) is 12.0. The second kappa shape index (κ2) is 7.80. The average molecular weight is 329 g/mol. The van der Waals surface area contributed by atoms with E-state index in [1.165, 1.54) is 0 Å². The highest BCUT2D eigenvalue weighted by Gasteiger charge is 2.28. The van der Waals surface area contributed by atoms with Crippen molar-refractivity contribution in [3.8, 4) is 0 Å². The molecule has 0 saturated heterocycles. The van der Waals surface area contributed by atoms with Gasteiger partial charge in [-0.3, -0.25) is 4.79 Å². The highest BCUT2D eigenvalue weighted by atomic mass is 16.2. The second-order valence-corrected chi connectivity index (χ2v) is 6.29. The van der Waals surface area contributed by atoms with Gasteiger partial charge in [-0.1, -0.05) is 91.0 Å². The second-order valence-electron chi connectivity index (χ2n) is 6.29. The van der Waals surface area contributed by atoms with Crippen LogP contribution in [0.2, 0.25) is 0 Å². The molecule has 0 spiro atoms.